The first-order valence-corrected chi connectivity index (χ1v) is 6.67. The highest BCUT2D eigenvalue weighted by Gasteiger charge is 2.20. The number of rotatable bonds is 1. The third-order valence-corrected chi connectivity index (χ3v) is 4.15. The van der Waals surface area contributed by atoms with E-state index in [1.54, 1.807) is 0 Å². The minimum atomic E-state index is 0.583. The van der Waals surface area contributed by atoms with Gasteiger partial charge in [-0.3, -0.25) is 0 Å². The van der Waals surface area contributed by atoms with Crippen molar-refractivity contribution in [1.82, 2.24) is 0 Å². The second kappa shape index (κ2) is 4.49. The van der Waals surface area contributed by atoms with Gasteiger partial charge in [-0.1, -0.05) is 48.0 Å². The molecule has 0 fully saturated rings. The normalized spacial score (nSPS) is 20.4. The fraction of sp³-hybridized carbons (Fsp3) is 0.294. The Bertz CT molecular complexity index is 605. The Kier molecular flexibility index (Phi) is 2.83. The van der Waals surface area contributed by atoms with Crippen molar-refractivity contribution < 1.29 is 0 Å². The van der Waals surface area contributed by atoms with E-state index in [4.69, 9.17) is 5.73 Å². The highest BCUT2D eigenvalue weighted by molar-refractivity contribution is 5.86. The SMILES string of the molecule is CC1=C(N)CC(c2cccc3ccccc23)CC1. The summed E-state index contributed by atoms with van der Waals surface area (Å²) in [7, 11) is 0. The second-order valence-electron chi connectivity index (χ2n) is 5.31. The first-order chi connectivity index (χ1) is 8.75. The monoisotopic (exact) mass is 237 g/mol. The van der Waals surface area contributed by atoms with Gasteiger partial charge in [0, 0.05) is 5.70 Å². The van der Waals surface area contributed by atoms with E-state index in [1.807, 2.05) is 0 Å². The van der Waals surface area contributed by atoms with Gasteiger partial charge >= 0.3 is 0 Å². The summed E-state index contributed by atoms with van der Waals surface area (Å²) < 4.78 is 0. The van der Waals surface area contributed by atoms with Crippen molar-refractivity contribution in [3.8, 4) is 0 Å². The quantitative estimate of drug-likeness (QED) is 0.784. The number of fused-ring (bicyclic) bond motifs is 1. The van der Waals surface area contributed by atoms with Gasteiger partial charge < -0.3 is 5.73 Å². The number of hydrogen-bond donors (Lipinski definition) is 1. The van der Waals surface area contributed by atoms with Gasteiger partial charge in [-0.05, 0) is 48.4 Å². The molecule has 0 aliphatic heterocycles. The molecule has 0 bridgehead atoms. The Labute approximate surface area is 108 Å². The molecule has 1 aliphatic rings. The molecule has 3 rings (SSSR count). The summed E-state index contributed by atoms with van der Waals surface area (Å²) in [5.74, 6) is 0.583. The third kappa shape index (κ3) is 1.90. The minimum Gasteiger partial charge on any atom is -0.402 e. The Morgan fingerprint density at radius 3 is 2.67 bits per heavy atom. The predicted octanol–water partition coefficient (Wildman–Crippen LogP) is 4.34. The predicted molar refractivity (Wildman–Crippen MR) is 77.4 cm³/mol. The van der Waals surface area contributed by atoms with Crippen LogP contribution in [0.4, 0.5) is 0 Å². The summed E-state index contributed by atoms with van der Waals surface area (Å²) in [5, 5.41) is 2.72. The molecule has 1 heteroatoms. The molecular weight excluding hydrogens is 218 g/mol. The van der Waals surface area contributed by atoms with Crippen LogP contribution in [0.5, 0.6) is 0 Å². The lowest BCUT2D eigenvalue weighted by Gasteiger charge is -2.25. The first kappa shape index (κ1) is 11.3. The van der Waals surface area contributed by atoms with Crippen LogP contribution in [0, 0.1) is 0 Å². The largest absolute Gasteiger partial charge is 0.402 e. The maximum absolute atomic E-state index is 6.13. The van der Waals surface area contributed by atoms with Crippen molar-refractivity contribution in [2.75, 3.05) is 0 Å². The van der Waals surface area contributed by atoms with Gasteiger partial charge in [-0.25, -0.2) is 0 Å². The van der Waals surface area contributed by atoms with Crippen molar-refractivity contribution in [3.05, 3.63) is 59.3 Å². The lowest BCUT2D eigenvalue weighted by atomic mass is 9.81. The molecule has 2 aromatic rings. The smallest absolute Gasteiger partial charge is 0.00757 e. The standard InChI is InChI=1S/C17H19N/c1-12-9-10-14(11-17(12)18)16-8-4-6-13-5-2-3-7-15(13)16/h2-8,14H,9-11,18H2,1H3. The van der Waals surface area contributed by atoms with Crippen molar-refractivity contribution in [1.29, 1.82) is 0 Å². The zero-order valence-corrected chi connectivity index (χ0v) is 10.8. The average Bonchev–Trinajstić information content (AvgIpc) is 2.41. The Morgan fingerprint density at radius 1 is 1.06 bits per heavy atom. The number of benzene rings is 2. The van der Waals surface area contributed by atoms with Crippen LogP contribution in [0.2, 0.25) is 0 Å². The summed E-state index contributed by atoms with van der Waals surface area (Å²) in [6, 6.07) is 15.3. The summed E-state index contributed by atoms with van der Waals surface area (Å²) in [5.41, 5.74) is 10.1. The molecular formula is C17H19N. The lowest BCUT2D eigenvalue weighted by molar-refractivity contribution is 0.576. The van der Waals surface area contributed by atoms with Crippen LogP contribution in [0.25, 0.3) is 10.8 Å². The fourth-order valence-corrected chi connectivity index (χ4v) is 2.96. The van der Waals surface area contributed by atoms with Gasteiger partial charge in [0.25, 0.3) is 0 Å². The average molecular weight is 237 g/mol. The molecule has 0 aromatic heterocycles. The van der Waals surface area contributed by atoms with Crippen LogP contribution in [-0.4, -0.2) is 0 Å². The molecule has 1 atom stereocenters. The molecule has 92 valence electrons. The summed E-state index contributed by atoms with van der Waals surface area (Å²) in [4.78, 5) is 0. The molecule has 1 nitrogen and oxygen atoms in total. The van der Waals surface area contributed by atoms with E-state index >= 15 is 0 Å². The van der Waals surface area contributed by atoms with Crippen LogP contribution in [-0.2, 0) is 0 Å². The molecule has 0 radical (unpaired) electrons. The zero-order chi connectivity index (χ0) is 12.5. The topological polar surface area (TPSA) is 26.0 Å². The van der Waals surface area contributed by atoms with E-state index in [0.29, 0.717) is 5.92 Å². The second-order valence-corrected chi connectivity index (χ2v) is 5.31. The molecule has 18 heavy (non-hydrogen) atoms. The Morgan fingerprint density at radius 2 is 1.83 bits per heavy atom. The van der Waals surface area contributed by atoms with E-state index in [9.17, 15) is 0 Å². The lowest BCUT2D eigenvalue weighted by Crippen LogP contribution is -2.13. The van der Waals surface area contributed by atoms with E-state index < -0.39 is 0 Å². The van der Waals surface area contributed by atoms with Gasteiger partial charge in [0.1, 0.15) is 0 Å². The Hall–Kier alpha value is -1.76. The van der Waals surface area contributed by atoms with Gasteiger partial charge in [0.2, 0.25) is 0 Å². The van der Waals surface area contributed by atoms with Gasteiger partial charge in [-0.15, -0.1) is 0 Å². The summed E-state index contributed by atoms with van der Waals surface area (Å²) in [6.45, 7) is 2.16. The third-order valence-electron chi connectivity index (χ3n) is 4.15. The number of allylic oxidation sites excluding steroid dienone is 2. The van der Waals surface area contributed by atoms with Gasteiger partial charge in [0.05, 0.1) is 0 Å². The molecule has 0 saturated heterocycles. The maximum Gasteiger partial charge on any atom is 0.00757 e. The molecule has 0 saturated carbocycles. The van der Waals surface area contributed by atoms with Crippen LogP contribution in [0.1, 0.15) is 37.7 Å². The van der Waals surface area contributed by atoms with E-state index in [0.717, 1.165) is 18.5 Å². The minimum absolute atomic E-state index is 0.583. The highest BCUT2D eigenvalue weighted by atomic mass is 14.6. The molecule has 1 aliphatic carbocycles. The van der Waals surface area contributed by atoms with E-state index in [2.05, 4.69) is 49.4 Å². The van der Waals surface area contributed by atoms with Crippen molar-refractivity contribution >= 4 is 10.8 Å². The first-order valence-electron chi connectivity index (χ1n) is 6.67. The molecule has 2 aromatic carbocycles. The van der Waals surface area contributed by atoms with E-state index in [-0.39, 0.29) is 0 Å². The van der Waals surface area contributed by atoms with Gasteiger partial charge in [0.15, 0.2) is 0 Å². The molecule has 0 heterocycles. The van der Waals surface area contributed by atoms with Crippen LogP contribution in [0.3, 0.4) is 0 Å². The van der Waals surface area contributed by atoms with Crippen LogP contribution < -0.4 is 5.73 Å². The summed E-state index contributed by atoms with van der Waals surface area (Å²) in [6.07, 6.45) is 3.38. The number of nitrogens with two attached hydrogens (primary N) is 1. The Balaban J connectivity index is 2.05. The zero-order valence-electron chi connectivity index (χ0n) is 10.8. The molecule has 0 amide bonds. The van der Waals surface area contributed by atoms with Gasteiger partial charge in [-0.2, -0.15) is 0 Å². The van der Waals surface area contributed by atoms with Crippen molar-refractivity contribution in [2.45, 2.75) is 32.1 Å². The van der Waals surface area contributed by atoms with Crippen LogP contribution >= 0.6 is 0 Å². The molecule has 2 N–H and O–H groups in total. The number of hydrogen-bond acceptors (Lipinski definition) is 1. The maximum atomic E-state index is 6.13. The van der Waals surface area contributed by atoms with Crippen LogP contribution in [0.15, 0.2) is 53.7 Å². The summed E-state index contributed by atoms with van der Waals surface area (Å²) >= 11 is 0. The van der Waals surface area contributed by atoms with Crippen molar-refractivity contribution in [3.63, 3.8) is 0 Å². The fourth-order valence-electron chi connectivity index (χ4n) is 2.96. The molecule has 0 spiro atoms. The van der Waals surface area contributed by atoms with Crippen molar-refractivity contribution in [2.24, 2.45) is 5.73 Å². The molecule has 1 unspecified atom stereocenters. The highest BCUT2D eigenvalue weighted by Crippen LogP contribution is 2.37. The van der Waals surface area contributed by atoms with E-state index in [1.165, 1.54) is 28.3 Å².